The molecule has 2 rings (SSSR count). The molecule has 0 radical (unpaired) electrons. The number of para-hydroxylation sites is 1. The van der Waals surface area contributed by atoms with Gasteiger partial charge in [-0.25, -0.2) is 4.79 Å². The molecule has 6 nitrogen and oxygen atoms in total. The minimum absolute atomic E-state index is 0.0819. The number of benzene rings is 1. The van der Waals surface area contributed by atoms with Crippen LogP contribution in [-0.4, -0.2) is 35.1 Å². The number of hydrogen-bond donors (Lipinski definition) is 2. The summed E-state index contributed by atoms with van der Waals surface area (Å²) in [6, 6.07) is 6.96. The zero-order chi connectivity index (χ0) is 14.5. The summed E-state index contributed by atoms with van der Waals surface area (Å²) in [5.74, 6) is -1.04. The van der Waals surface area contributed by atoms with Crippen molar-refractivity contribution in [3.63, 3.8) is 0 Å². The topological polar surface area (TPSA) is 88.5 Å². The van der Waals surface area contributed by atoms with Gasteiger partial charge in [0.05, 0.1) is 18.3 Å². The van der Waals surface area contributed by atoms with Gasteiger partial charge in [0.25, 0.3) is 0 Å². The van der Waals surface area contributed by atoms with E-state index < -0.39 is 5.97 Å². The Kier molecular flexibility index (Phi) is 4.14. The van der Waals surface area contributed by atoms with Gasteiger partial charge >= 0.3 is 5.97 Å². The third kappa shape index (κ3) is 3.03. The normalized spacial score (nSPS) is 10.2. The van der Waals surface area contributed by atoms with Crippen LogP contribution in [0.15, 0.2) is 30.5 Å². The third-order valence-corrected chi connectivity index (χ3v) is 2.69. The van der Waals surface area contributed by atoms with E-state index in [0.29, 0.717) is 17.4 Å². The van der Waals surface area contributed by atoms with E-state index in [0.717, 1.165) is 0 Å². The number of ether oxygens (including phenoxy) is 1. The van der Waals surface area contributed by atoms with Crippen molar-refractivity contribution < 1.29 is 19.4 Å². The lowest BCUT2D eigenvalue weighted by Gasteiger charge is -2.11. The molecule has 0 saturated carbocycles. The standard InChI is InChI=1S/C14H14N2O4/c1-9(17)15-6-7-20-12-8-16-11-5-3-2-4-10(11)13(12)14(18)19/h2-5,8H,6-7H2,1H3,(H,15,17)(H,18,19). The van der Waals surface area contributed by atoms with Gasteiger partial charge < -0.3 is 15.2 Å². The molecule has 1 aromatic heterocycles. The van der Waals surface area contributed by atoms with Gasteiger partial charge in [-0.1, -0.05) is 18.2 Å². The van der Waals surface area contributed by atoms with Gasteiger partial charge in [-0.2, -0.15) is 0 Å². The number of aromatic carboxylic acids is 1. The summed E-state index contributed by atoms with van der Waals surface area (Å²) in [5, 5.41) is 12.4. The Morgan fingerprint density at radius 1 is 1.35 bits per heavy atom. The lowest BCUT2D eigenvalue weighted by molar-refractivity contribution is -0.119. The van der Waals surface area contributed by atoms with Crippen LogP contribution in [0.25, 0.3) is 10.9 Å². The summed E-state index contributed by atoms with van der Waals surface area (Å²) in [5.41, 5.74) is 0.678. The van der Waals surface area contributed by atoms with Gasteiger partial charge in [0.15, 0.2) is 5.75 Å². The molecule has 2 N–H and O–H groups in total. The zero-order valence-corrected chi connectivity index (χ0v) is 10.9. The maximum atomic E-state index is 11.4. The quantitative estimate of drug-likeness (QED) is 0.805. The lowest BCUT2D eigenvalue weighted by atomic mass is 10.1. The van der Waals surface area contributed by atoms with Crippen molar-refractivity contribution in [3.8, 4) is 5.75 Å². The molecule has 1 heterocycles. The Balaban J connectivity index is 2.26. The minimum atomic E-state index is -1.07. The molecular weight excluding hydrogens is 260 g/mol. The highest BCUT2D eigenvalue weighted by molar-refractivity contribution is 6.04. The third-order valence-electron chi connectivity index (χ3n) is 2.69. The number of pyridine rings is 1. The summed E-state index contributed by atoms with van der Waals surface area (Å²) in [6.07, 6.45) is 1.39. The van der Waals surface area contributed by atoms with E-state index >= 15 is 0 Å². The molecule has 0 fully saturated rings. The second kappa shape index (κ2) is 6.01. The number of hydrogen-bond acceptors (Lipinski definition) is 4. The first-order valence-electron chi connectivity index (χ1n) is 6.08. The highest BCUT2D eigenvalue weighted by atomic mass is 16.5. The van der Waals surface area contributed by atoms with Crippen LogP contribution in [0.1, 0.15) is 17.3 Å². The fraction of sp³-hybridized carbons (Fsp3) is 0.214. The molecule has 1 amide bonds. The highest BCUT2D eigenvalue weighted by Crippen LogP contribution is 2.26. The van der Waals surface area contributed by atoms with Gasteiger partial charge in [0.2, 0.25) is 5.91 Å². The van der Waals surface area contributed by atoms with Crippen LogP contribution >= 0.6 is 0 Å². The van der Waals surface area contributed by atoms with Crippen LogP contribution in [0, 0.1) is 0 Å². The highest BCUT2D eigenvalue weighted by Gasteiger charge is 2.16. The second-order valence-corrected chi connectivity index (χ2v) is 4.15. The van der Waals surface area contributed by atoms with Gasteiger partial charge in [-0.15, -0.1) is 0 Å². The van der Waals surface area contributed by atoms with Crippen molar-refractivity contribution in [2.45, 2.75) is 6.92 Å². The van der Waals surface area contributed by atoms with Crippen molar-refractivity contribution in [1.82, 2.24) is 10.3 Å². The van der Waals surface area contributed by atoms with E-state index in [4.69, 9.17) is 4.74 Å². The molecular formula is C14H14N2O4. The Morgan fingerprint density at radius 3 is 2.80 bits per heavy atom. The van der Waals surface area contributed by atoms with Gasteiger partial charge in [-0.3, -0.25) is 9.78 Å². The van der Waals surface area contributed by atoms with Crippen molar-refractivity contribution in [2.24, 2.45) is 0 Å². The number of carbonyl (C=O) groups excluding carboxylic acids is 1. The predicted octanol–water partition coefficient (Wildman–Crippen LogP) is 1.45. The van der Waals surface area contributed by atoms with Gasteiger partial charge in [-0.05, 0) is 6.07 Å². The van der Waals surface area contributed by atoms with Crippen LogP contribution < -0.4 is 10.1 Å². The molecule has 0 spiro atoms. The molecule has 2 aromatic rings. The smallest absolute Gasteiger partial charge is 0.340 e. The number of aromatic nitrogens is 1. The molecule has 0 bridgehead atoms. The fourth-order valence-corrected chi connectivity index (χ4v) is 1.84. The Bertz CT molecular complexity index is 655. The lowest BCUT2D eigenvalue weighted by Crippen LogP contribution is -2.25. The maximum absolute atomic E-state index is 11.4. The minimum Gasteiger partial charge on any atom is -0.489 e. The Morgan fingerprint density at radius 2 is 2.10 bits per heavy atom. The number of carboxylic acid groups (broad SMARTS) is 1. The predicted molar refractivity (Wildman–Crippen MR) is 72.9 cm³/mol. The number of carbonyl (C=O) groups is 2. The fourth-order valence-electron chi connectivity index (χ4n) is 1.84. The van der Waals surface area contributed by atoms with Gasteiger partial charge in [0.1, 0.15) is 12.2 Å². The summed E-state index contributed by atoms with van der Waals surface area (Å²) in [6.45, 7) is 1.89. The molecule has 104 valence electrons. The molecule has 0 saturated heterocycles. The molecule has 6 heteroatoms. The summed E-state index contributed by atoms with van der Waals surface area (Å²) >= 11 is 0. The van der Waals surface area contributed by atoms with E-state index in [2.05, 4.69) is 10.3 Å². The molecule has 0 aliphatic rings. The van der Waals surface area contributed by atoms with Crippen molar-refractivity contribution in [3.05, 3.63) is 36.0 Å². The van der Waals surface area contributed by atoms with Crippen molar-refractivity contribution >= 4 is 22.8 Å². The average Bonchev–Trinajstić information content (AvgIpc) is 2.42. The number of fused-ring (bicyclic) bond motifs is 1. The second-order valence-electron chi connectivity index (χ2n) is 4.15. The molecule has 0 aliphatic heterocycles. The van der Waals surface area contributed by atoms with E-state index in [-0.39, 0.29) is 23.8 Å². The Hall–Kier alpha value is -2.63. The van der Waals surface area contributed by atoms with Gasteiger partial charge in [0, 0.05) is 12.3 Å². The summed E-state index contributed by atoms with van der Waals surface area (Å²) in [7, 11) is 0. The average molecular weight is 274 g/mol. The first-order chi connectivity index (χ1) is 9.59. The number of nitrogens with one attached hydrogen (secondary N) is 1. The maximum Gasteiger partial charge on any atom is 0.340 e. The Labute approximate surface area is 115 Å². The number of rotatable bonds is 5. The monoisotopic (exact) mass is 274 g/mol. The summed E-state index contributed by atoms with van der Waals surface area (Å²) < 4.78 is 5.40. The first-order valence-corrected chi connectivity index (χ1v) is 6.08. The molecule has 0 atom stereocenters. The SMILES string of the molecule is CC(=O)NCCOc1cnc2ccccc2c1C(=O)O. The molecule has 0 aliphatic carbocycles. The van der Waals surface area contributed by atoms with E-state index in [9.17, 15) is 14.7 Å². The molecule has 0 unspecified atom stereocenters. The molecule has 20 heavy (non-hydrogen) atoms. The van der Waals surface area contributed by atoms with Crippen LogP contribution in [0.5, 0.6) is 5.75 Å². The summed E-state index contributed by atoms with van der Waals surface area (Å²) in [4.78, 5) is 26.3. The number of nitrogens with zero attached hydrogens (tertiary/aromatic N) is 1. The zero-order valence-electron chi connectivity index (χ0n) is 10.9. The van der Waals surface area contributed by atoms with Crippen molar-refractivity contribution in [2.75, 3.05) is 13.2 Å². The van der Waals surface area contributed by atoms with E-state index in [1.807, 2.05) is 0 Å². The van der Waals surface area contributed by atoms with E-state index in [1.165, 1.54) is 13.1 Å². The van der Waals surface area contributed by atoms with E-state index in [1.54, 1.807) is 24.3 Å². The van der Waals surface area contributed by atoms with Crippen LogP contribution in [-0.2, 0) is 4.79 Å². The molecule has 1 aromatic carbocycles. The number of carboxylic acids is 1. The van der Waals surface area contributed by atoms with Crippen LogP contribution in [0.4, 0.5) is 0 Å². The first kappa shape index (κ1) is 13.8. The van der Waals surface area contributed by atoms with Crippen LogP contribution in [0.2, 0.25) is 0 Å². The largest absolute Gasteiger partial charge is 0.489 e. The van der Waals surface area contributed by atoms with Crippen molar-refractivity contribution in [1.29, 1.82) is 0 Å². The van der Waals surface area contributed by atoms with Crippen LogP contribution in [0.3, 0.4) is 0 Å². The number of amides is 1.